The number of carbonyl (C=O) groups excluding carboxylic acids is 2. The molecule has 2 heterocycles. The molecule has 2 rings (SSSR count). The number of aliphatic hydroxyl groups is 2. The van der Waals surface area contributed by atoms with Gasteiger partial charge in [0.1, 0.15) is 17.4 Å². The maximum atomic E-state index is 11.7. The molecule has 0 saturated heterocycles. The number of aromatic nitrogens is 4. The smallest absolute Gasteiger partial charge is 0.200 e. The van der Waals surface area contributed by atoms with Crippen LogP contribution < -0.4 is 0 Å². The average molecular weight is 829 g/mol. The molecule has 0 aromatic carbocycles. The van der Waals surface area contributed by atoms with Gasteiger partial charge in [-0.15, -0.1) is 0 Å². The number of hydrogen-bond donors (Lipinski definition) is 2. The zero-order chi connectivity index (χ0) is 24.6. The van der Waals surface area contributed by atoms with E-state index in [1.807, 2.05) is 52.4 Å². The summed E-state index contributed by atoms with van der Waals surface area (Å²) in [6, 6.07) is 0. The molecule has 2 aromatic heterocycles. The summed E-state index contributed by atoms with van der Waals surface area (Å²) in [5.74, 6) is 0.985. The van der Waals surface area contributed by atoms with Crippen molar-refractivity contribution < 1.29 is 60.0 Å². The Labute approximate surface area is 229 Å². The van der Waals surface area contributed by atoms with E-state index in [1.165, 1.54) is 16.7 Å². The van der Waals surface area contributed by atoms with Gasteiger partial charge in [-0.05, 0) is 34.1 Å². The van der Waals surface area contributed by atoms with Gasteiger partial charge >= 0.3 is 0 Å². The molecule has 0 saturated carbocycles. The van der Waals surface area contributed by atoms with Crippen molar-refractivity contribution in [3.05, 3.63) is 53.3 Å². The molecule has 0 bridgehead atoms. The molecule has 2 radical (unpaired) electrons. The first-order valence-corrected chi connectivity index (χ1v) is 10.8. The second-order valence-corrected chi connectivity index (χ2v) is 7.96. The third-order valence-electron chi connectivity index (χ3n) is 5.23. The number of carbonyl (C=O) groups is 2. The summed E-state index contributed by atoms with van der Waals surface area (Å²) >= 11 is 0. The molecule has 8 nitrogen and oxygen atoms in total. The zero-order valence-electron chi connectivity index (χ0n) is 21.0. The van der Waals surface area contributed by atoms with E-state index < -0.39 is 0 Å². The van der Waals surface area contributed by atoms with Crippen molar-refractivity contribution in [3.63, 3.8) is 0 Å². The van der Waals surface area contributed by atoms with Crippen LogP contribution in [0.3, 0.4) is 0 Å². The Morgan fingerprint density at radius 1 is 1.09 bits per heavy atom. The third-order valence-corrected chi connectivity index (χ3v) is 5.23. The van der Waals surface area contributed by atoms with Crippen LogP contribution in [0.4, 0.5) is 0 Å². The van der Waals surface area contributed by atoms with Crippen molar-refractivity contribution in [2.24, 2.45) is 13.0 Å². The first kappa shape index (κ1) is 34.3. The van der Waals surface area contributed by atoms with Gasteiger partial charge in [-0.25, -0.2) is 9.97 Å². The molecule has 2 unspecified atom stereocenters. The molecule has 0 aliphatic carbocycles. The van der Waals surface area contributed by atoms with Gasteiger partial charge in [0.05, 0.1) is 11.6 Å². The fourth-order valence-electron chi connectivity index (χ4n) is 3.00. The molecule has 0 aliphatic rings. The molecule has 0 spiro atoms. The fraction of sp³-hybridized carbons (Fsp3) is 0.500. The van der Waals surface area contributed by atoms with Crippen LogP contribution in [-0.2, 0) is 56.8 Å². The van der Waals surface area contributed by atoms with Crippen molar-refractivity contribution in [2.75, 3.05) is 0 Å². The van der Waals surface area contributed by atoms with Gasteiger partial charge in [0.25, 0.3) is 0 Å². The van der Waals surface area contributed by atoms with Gasteiger partial charge in [-0.3, -0.25) is 14.2 Å². The molecule has 0 fully saturated rings. The van der Waals surface area contributed by atoms with E-state index in [4.69, 9.17) is 0 Å². The number of aryl methyl sites for hydroxylation is 4. The first-order chi connectivity index (χ1) is 14.9. The summed E-state index contributed by atoms with van der Waals surface area (Å²) in [5.41, 5.74) is 1.71. The third kappa shape index (κ3) is 9.79. The fourth-order valence-corrected chi connectivity index (χ4v) is 3.00. The van der Waals surface area contributed by atoms with Crippen LogP contribution in [0.5, 0.6) is 0 Å². The van der Waals surface area contributed by atoms with E-state index in [1.54, 1.807) is 20.0 Å². The Balaban J connectivity index is 0. The largest absolute Gasteiger partial charge is 0.511 e. The molecule has 34 heavy (non-hydrogen) atoms. The second-order valence-electron chi connectivity index (χ2n) is 7.96. The topological polar surface area (TPSA) is 110 Å². The van der Waals surface area contributed by atoms with Gasteiger partial charge in [0.2, 0.25) is 0 Å². The number of nitrogens with zero attached hydrogens (tertiary/aromatic N) is 4. The van der Waals surface area contributed by atoms with Gasteiger partial charge in [0.15, 0.2) is 17.4 Å². The minimum atomic E-state index is -0.267. The van der Waals surface area contributed by atoms with Crippen LogP contribution in [0.2, 0.25) is 0 Å². The van der Waals surface area contributed by atoms with Crippen molar-refractivity contribution in [1.29, 1.82) is 0 Å². The van der Waals surface area contributed by atoms with Crippen molar-refractivity contribution >= 4 is 17.4 Å². The summed E-state index contributed by atoms with van der Waals surface area (Å²) < 4.78 is 3.41. The van der Waals surface area contributed by atoms with Gasteiger partial charge in [0, 0.05) is 89.8 Å². The summed E-state index contributed by atoms with van der Waals surface area (Å²) in [6.45, 7) is 12.9. The van der Waals surface area contributed by atoms with Crippen molar-refractivity contribution in [3.8, 4) is 0 Å². The van der Waals surface area contributed by atoms with Crippen LogP contribution >= 0.6 is 0 Å². The van der Waals surface area contributed by atoms with E-state index >= 15 is 0 Å². The minimum Gasteiger partial charge on any atom is -0.511 e. The van der Waals surface area contributed by atoms with Gasteiger partial charge < -0.3 is 14.8 Å². The maximum Gasteiger partial charge on any atom is 0.200 e. The van der Waals surface area contributed by atoms with Crippen LogP contribution in [-0.4, -0.2) is 40.9 Å². The SMILES string of the molecule is CCC(=O)C=C(O)n1c(C)cnc1C.CCC(C)C(=O)C=C(O)C(C)c1nc(C)cn1C.[Ir].[Ir]. The summed E-state index contributed by atoms with van der Waals surface area (Å²) in [5, 5.41) is 19.6. The Kier molecular flexibility index (Phi) is 16.1. The molecule has 2 atom stereocenters. The maximum absolute atomic E-state index is 11.7. The quantitative estimate of drug-likeness (QED) is 0.295. The van der Waals surface area contributed by atoms with E-state index in [0.717, 1.165) is 23.6 Å². The molecule has 0 aliphatic heterocycles. The van der Waals surface area contributed by atoms with E-state index in [2.05, 4.69) is 9.97 Å². The molecule has 2 aromatic rings. The van der Waals surface area contributed by atoms with Crippen LogP contribution in [0, 0.1) is 26.7 Å². The molecule has 194 valence electrons. The molecule has 2 N–H and O–H groups in total. The normalized spacial score (nSPS) is 13.1. The summed E-state index contributed by atoms with van der Waals surface area (Å²) in [4.78, 5) is 31.2. The minimum absolute atomic E-state index is 0. The molecule has 0 amide bonds. The van der Waals surface area contributed by atoms with Crippen LogP contribution in [0.25, 0.3) is 5.88 Å². The van der Waals surface area contributed by atoms with E-state index in [-0.39, 0.29) is 75.3 Å². The van der Waals surface area contributed by atoms with Crippen LogP contribution in [0.15, 0.2) is 30.3 Å². The molecular formula is C24H36Ir2N4O4. The monoisotopic (exact) mass is 830 g/mol. The van der Waals surface area contributed by atoms with Crippen molar-refractivity contribution in [1.82, 2.24) is 19.1 Å². The summed E-state index contributed by atoms with van der Waals surface area (Å²) in [6.07, 6.45) is 7.27. The predicted octanol–water partition coefficient (Wildman–Crippen LogP) is 4.72. The Hall–Kier alpha value is -1.86. The zero-order valence-corrected chi connectivity index (χ0v) is 25.8. The predicted molar refractivity (Wildman–Crippen MR) is 125 cm³/mol. The Morgan fingerprint density at radius 2 is 1.68 bits per heavy atom. The number of allylic oxidation sites excluding steroid dienone is 3. The first-order valence-electron chi connectivity index (χ1n) is 10.8. The number of hydrogen-bond acceptors (Lipinski definition) is 6. The number of aliphatic hydroxyl groups excluding tert-OH is 2. The van der Waals surface area contributed by atoms with E-state index in [0.29, 0.717) is 12.2 Å². The van der Waals surface area contributed by atoms with Gasteiger partial charge in [-0.1, -0.05) is 20.8 Å². The summed E-state index contributed by atoms with van der Waals surface area (Å²) in [7, 11) is 1.88. The number of imidazole rings is 2. The molecular weight excluding hydrogens is 793 g/mol. The molecule has 10 heteroatoms. The number of ketones is 2. The average Bonchev–Trinajstić information content (AvgIpc) is 3.26. The Morgan fingerprint density at radius 3 is 2.09 bits per heavy atom. The standard InChI is InChI=1S/C14H22N2O2.C10H14N2O2.2Ir/c1-6-9(2)12(17)7-13(18)11(4)14-15-10(3)8-16(14)5;1-4-9(13)5-10(14)12-7(2)6-11-8(12)3;;/h7-9,11,18H,6H2,1-5H3;5-6,14H,4H2,1-3H3;;. The van der Waals surface area contributed by atoms with Crippen molar-refractivity contribution in [2.45, 2.75) is 67.2 Å². The Bertz CT molecular complexity index is 989. The second kappa shape index (κ2) is 15.9. The number of rotatable bonds is 8. The van der Waals surface area contributed by atoms with Gasteiger partial charge in [-0.2, -0.15) is 0 Å². The van der Waals surface area contributed by atoms with E-state index in [9.17, 15) is 19.8 Å². The van der Waals surface area contributed by atoms with Crippen LogP contribution in [0.1, 0.15) is 69.5 Å².